The Balaban J connectivity index is 1.59. The molecule has 0 radical (unpaired) electrons. The van der Waals surface area contributed by atoms with Crippen molar-refractivity contribution in [2.24, 2.45) is 0 Å². The van der Waals surface area contributed by atoms with E-state index in [4.69, 9.17) is 0 Å². The van der Waals surface area contributed by atoms with Crippen LogP contribution in [0.1, 0.15) is 18.3 Å². The second-order valence-electron chi connectivity index (χ2n) is 7.33. The minimum Gasteiger partial charge on any atom is -0.369 e. The molecule has 0 atom stereocenters. The smallest absolute Gasteiger partial charge is 0.291 e. The van der Waals surface area contributed by atoms with Gasteiger partial charge < -0.3 is 4.90 Å². The zero-order valence-electron chi connectivity index (χ0n) is 16.9. The molecule has 0 aliphatic carbocycles. The highest BCUT2D eigenvalue weighted by molar-refractivity contribution is 7.89. The molecule has 1 aliphatic rings. The summed E-state index contributed by atoms with van der Waals surface area (Å²) in [6, 6.07) is 9.71. The first-order chi connectivity index (χ1) is 13.8. The molecular formula is C20H25N5O3S. The second-order valence-corrected chi connectivity index (χ2v) is 9.26. The number of rotatable bonds is 4. The van der Waals surface area contributed by atoms with E-state index in [1.807, 2.05) is 13.8 Å². The van der Waals surface area contributed by atoms with Gasteiger partial charge >= 0.3 is 0 Å². The van der Waals surface area contributed by atoms with Crippen LogP contribution in [0.5, 0.6) is 0 Å². The Bertz CT molecular complexity index is 1200. The average molecular weight is 416 g/mol. The first-order valence-corrected chi connectivity index (χ1v) is 11.2. The first-order valence-electron chi connectivity index (χ1n) is 9.73. The lowest BCUT2D eigenvalue weighted by Crippen LogP contribution is -2.48. The van der Waals surface area contributed by atoms with Gasteiger partial charge in [0.15, 0.2) is 0 Å². The highest BCUT2D eigenvalue weighted by atomic mass is 32.2. The van der Waals surface area contributed by atoms with Crippen LogP contribution in [0, 0.1) is 13.8 Å². The lowest BCUT2D eigenvalue weighted by Gasteiger charge is -2.35. The maximum atomic E-state index is 13.2. The van der Waals surface area contributed by atoms with E-state index in [1.165, 1.54) is 26.8 Å². The maximum Gasteiger partial charge on any atom is 0.291 e. The molecule has 0 saturated carbocycles. The summed E-state index contributed by atoms with van der Waals surface area (Å²) in [6.45, 7) is 8.12. The van der Waals surface area contributed by atoms with Crippen molar-refractivity contribution in [3.8, 4) is 0 Å². The van der Waals surface area contributed by atoms with Crippen molar-refractivity contribution >= 4 is 21.2 Å². The third-order valence-electron chi connectivity index (χ3n) is 5.44. The van der Waals surface area contributed by atoms with Crippen molar-refractivity contribution in [3.05, 3.63) is 58.3 Å². The molecule has 1 fully saturated rings. The Kier molecular flexibility index (Phi) is 4.95. The van der Waals surface area contributed by atoms with E-state index in [0.717, 1.165) is 5.69 Å². The predicted molar refractivity (Wildman–Crippen MR) is 112 cm³/mol. The zero-order chi connectivity index (χ0) is 20.8. The fraction of sp³-hybridized carbons (Fsp3) is 0.400. The summed E-state index contributed by atoms with van der Waals surface area (Å²) in [5, 5.41) is 4.23. The van der Waals surface area contributed by atoms with E-state index in [2.05, 4.69) is 34.3 Å². The topological polar surface area (TPSA) is 79.9 Å². The van der Waals surface area contributed by atoms with Gasteiger partial charge in [-0.3, -0.25) is 9.20 Å². The maximum absolute atomic E-state index is 13.2. The largest absolute Gasteiger partial charge is 0.369 e. The molecule has 1 saturated heterocycles. The number of sulfonamides is 1. The van der Waals surface area contributed by atoms with Gasteiger partial charge in [-0.05, 0) is 39.0 Å². The summed E-state index contributed by atoms with van der Waals surface area (Å²) < 4.78 is 30.8. The van der Waals surface area contributed by atoms with Gasteiger partial charge in [0.1, 0.15) is 16.2 Å². The fourth-order valence-corrected chi connectivity index (χ4v) is 5.16. The van der Waals surface area contributed by atoms with Crippen molar-refractivity contribution in [2.75, 3.05) is 31.1 Å². The summed E-state index contributed by atoms with van der Waals surface area (Å²) in [4.78, 5) is 14.8. The molecule has 0 N–H and O–H groups in total. The summed E-state index contributed by atoms with van der Waals surface area (Å²) >= 11 is 0. The van der Waals surface area contributed by atoms with Gasteiger partial charge in [0.05, 0.1) is 0 Å². The quantitative estimate of drug-likeness (QED) is 0.647. The number of aromatic nitrogens is 3. The zero-order valence-corrected chi connectivity index (χ0v) is 17.7. The molecule has 29 heavy (non-hydrogen) atoms. The third kappa shape index (κ3) is 3.44. The van der Waals surface area contributed by atoms with E-state index in [0.29, 0.717) is 44.1 Å². The summed E-state index contributed by atoms with van der Waals surface area (Å²) in [6.07, 6.45) is 1.50. The molecule has 9 heteroatoms. The molecule has 154 valence electrons. The number of piperazine rings is 1. The van der Waals surface area contributed by atoms with Gasteiger partial charge in [0.2, 0.25) is 10.0 Å². The van der Waals surface area contributed by atoms with Crippen molar-refractivity contribution in [3.63, 3.8) is 0 Å². The number of anilines is 1. The van der Waals surface area contributed by atoms with Gasteiger partial charge in [-0.1, -0.05) is 17.7 Å². The monoisotopic (exact) mass is 415 g/mol. The van der Waals surface area contributed by atoms with E-state index >= 15 is 0 Å². The minimum atomic E-state index is -3.68. The first kappa shape index (κ1) is 19.7. The van der Waals surface area contributed by atoms with E-state index < -0.39 is 10.0 Å². The molecule has 0 spiro atoms. The van der Waals surface area contributed by atoms with Crippen LogP contribution in [0.3, 0.4) is 0 Å². The Morgan fingerprint density at radius 1 is 1.03 bits per heavy atom. The number of fused-ring (bicyclic) bond motifs is 1. The van der Waals surface area contributed by atoms with Crippen molar-refractivity contribution in [1.29, 1.82) is 0 Å². The number of hydrogen-bond acceptors (Lipinski definition) is 5. The molecule has 3 heterocycles. The standard InChI is InChI=1S/C20H25N5O3S/c1-4-25-20(26)19-13-18(14-24(19)16(3)21-25)29(27,28)23-11-9-22(10-12-23)17-7-5-15(2)6-8-17/h5-8,13-14H,4,9-12H2,1-3H3. The Labute approximate surface area is 170 Å². The fourth-order valence-electron chi connectivity index (χ4n) is 3.72. The van der Waals surface area contributed by atoms with Gasteiger partial charge in [-0.15, -0.1) is 0 Å². The summed E-state index contributed by atoms with van der Waals surface area (Å²) in [7, 11) is -3.68. The Morgan fingerprint density at radius 2 is 1.69 bits per heavy atom. The van der Waals surface area contributed by atoms with Crippen LogP contribution in [0.15, 0.2) is 46.2 Å². The molecule has 8 nitrogen and oxygen atoms in total. The molecule has 3 aromatic rings. The highest BCUT2D eigenvalue weighted by Gasteiger charge is 2.30. The molecule has 1 aromatic carbocycles. The molecule has 2 aromatic heterocycles. The van der Waals surface area contributed by atoms with Gasteiger partial charge in [0.25, 0.3) is 5.56 Å². The average Bonchev–Trinajstić information content (AvgIpc) is 3.19. The van der Waals surface area contributed by atoms with Crippen LogP contribution in [-0.4, -0.2) is 53.1 Å². The van der Waals surface area contributed by atoms with Crippen molar-refractivity contribution in [2.45, 2.75) is 32.2 Å². The van der Waals surface area contributed by atoms with Gasteiger partial charge in [0, 0.05) is 44.6 Å². The Morgan fingerprint density at radius 3 is 2.31 bits per heavy atom. The van der Waals surface area contributed by atoms with Gasteiger partial charge in [-0.25, -0.2) is 13.1 Å². The number of hydrogen-bond donors (Lipinski definition) is 0. The summed E-state index contributed by atoms with van der Waals surface area (Å²) in [5.74, 6) is 0.576. The van der Waals surface area contributed by atoms with Crippen LogP contribution < -0.4 is 10.5 Å². The highest BCUT2D eigenvalue weighted by Crippen LogP contribution is 2.23. The number of benzene rings is 1. The van der Waals surface area contributed by atoms with E-state index in [9.17, 15) is 13.2 Å². The van der Waals surface area contributed by atoms with E-state index in [1.54, 1.807) is 11.3 Å². The normalized spacial score (nSPS) is 15.9. The van der Waals surface area contributed by atoms with Crippen LogP contribution in [-0.2, 0) is 16.6 Å². The van der Waals surface area contributed by atoms with Crippen LogP contribution >= 0.6 is 0 Å². The number of aryl methyl sites for hydroxylation is 3. The molecule has 0 unspecified atom stereocenters. The van der Waals surface area contributed by atoms with Crippen molar-refractivity contribution in [1.82, 2.24) is 18.5 Å². The molecule has 4 rings (SSSR count). The lowest BCUT2D eigenvalue weighted by molar-refractivity contribution is 0.385. The second kappa shape index (κ2) is 7.31. The lowest BCUT2D eigenvalue weighted by atomic mass is 10.2. The van der Waals surface area contributed by atoms with Crippen LogP contribution in [0.25, 0.3) is 5.52 Å². The van der Waals surface area contributed by atoms with Crippen LogP contribution in [0.4, 0.5) is 5.69 Å². The molecular weight excluding hydrogens is 390 g/mol. The van der Waals surface area contributed by atoms with E-state index in [-0.39, 0.29) is 10.5 Å². The number of nitrogens with zero attached hydrogens (tertiary/aromatic N) is 5. The molecule has 0 bridgehead atoms. The van der Waals surface area contributed by atoms with Gasteiger partial charge in [-0.2, -0.15) is 9.40 Å². The van der Waals surface area contributed by atoms with Crippen molar-refractivity contribution < 1.29 is 8.42 Å². The molecule has 0 amide bonds. The SMILES string of the molecule is CCn1nc(C)n2cc(S(=O)(=O)N3CCN(c4ccc(C)cc4)CC3)cc2c1=O. The predicted octanol–water partition coefficient (Wildman–Crippen LogP) is 1.64. The van der Waals surface area contributed by atoms with Crippen LogP contribution in [0.2, 0.25) is 0 Å². The third-order valence-corrected chi connectivity index (χ3v) is 7.30. The minimum absolute atomic E-state index is 0.136. The summed E-state index contributed by atoms with van der Waals surface area (Å²) in [5.41, 5.74) is 2.34. The Hall–Kier alpha value is -2.65. The molecule has 1 aliphatic heterocycles.